The van der Waals surface area contributed by atoms with E-state index in [2.05, 4.69) is 34.5 Å². The molecule has 2 heterocycles. The normalized spacial score (nSPS) is 19.8. The molecule has 1 N–H and O–H groups in total. The van der Waals surface area contributed by atoms with E-state index in [1.165, 1.54) is 56.7 Å². The summed E-state index contributed by atoms with van der Waals surface area (Å²) in [5, 5.41) is 3.44. The summed E-state index contributed by atoms with van der Waals surface area (Å²) >= 11 is 0. The van der Waals surface area contributed by atoms with Gasteiger partial charge in [0, 0.05) is 19.6 Å². The van der Waals surface area contributed by atoms with E-state index < -0.39 is 0 Å². The van der Waals surface area contributed by atoms with E-state index >= 15 is 0 Å². The molecule has 1 saturated heterocycles. The van der Waals surface area contributed by atoms with Crippen molar-refractivity contribution < 1.29 is 0 Å². The van der Waals surface area contributed by atoms with Gasteiger partial charge in [-0.3, -0.25) is 4.90 Å². The first kappa shape index (κ1) is 15.8. The molecule has 0 aliphatic carbocycles. The van der Waals surface area contributed by atoms with Crippen LogP contribution in [0.3, 0.4) is 0 Å². The van der Waals surface area contributed by atoms with E-state index in [1.807, 2.05) is 0 Å². The third-order valence-electron chi connectivity index (χ3n) is 3.88. The third kappa shape index (κ3) is 3.61. The second-order valence-electron chi connectivity index (χ2n) is 5.13. The lowest BCUT2D eigenvalue weighted by Gasteiger charge is -2.27. The fourth-order valence-electron chi connectivity index (χ4n) is 2.96. The summed E-state index contributed by atoms with van der Waals surface area (Å²) in [5.74, 6) is 0.913. The molecular formula is C14H22Cl2N2. The molecule has 1 aromatic carbocycles. The molecule has 0 aromatic heterocycles. The summed E-state index contributed by atoms with van der Waals surface area (Å²) < 4.78 is 0. The van der Waals surface area contributed by atoms with Crippen molar-refractivity contribution in [3.05, 3.63) is 35.4 Å². The zero-order chi connectivity index (χ0) is 10.8. The van der Waals surface area contributed by atoms with Crippen molar-refractivity contribution in [3.8, 4) is 0 Å². The summed E-state index contributed by atoms with van der Waals surface area (Å²) in [6, 6.07) is 8.87. The molecular weight excluding hydrogens is 267 g/mol. The van der Waals surface area contributed by atoms with Crippen molar-refractivity contribution >= 4 is 24.8 Å². The van der Waals surface area contributed by atoms with Crippen LogP contribution in [0.15, 0.2) is 24.3 Å². The number of fused-ring (bicyclic) bond motifs is 1. The van der Waals surface area contributed by atoms with Crippen LogP contribution in [-0.2, 0) is 13.1 Å². The van der Waals surface area contributed by atoms with Gasteiger partial charge in [-0.1, -0.05) is 24.3 Å². The number of hydrogen-bond donors (Lipinski definition) is 1. The minimum Gasteiger partial charge on any atom is -0.317 e. The quantitative estimate of drug-likeness (QED) is 0.900. The van der Waals surface area contributed by atoms with Crippen molar-refractivity contribution in [2.45, 2.75) is 25.9 Å². The molecule has 3 rings (SSSR count). The van der Waals surface area contributed by atoms with Crippen LogP contribution in [0.2, 0.25) is 0 Å². The number of rotatable bonds is 2. The molecule has 0 atom stereocenters. The second kappa shape index (κ2) is 7.34. The Kier molecular flexibility index (Phi) is 6.44. The van der Waals surface area contributed by atoms with Crippen LogP contribution >= 0.6 is 24.8 Å². The SMILES string of the molecule is Cl.Cl.c1ccc2c(c1)CN(CC1CCNCC1)C2. The van der Waals surface area contributed by atoms with Gasteiger partial charge in [-0.05, 0) is 43.0 Å². The third-order valence-corrected chi connectivity index (χ3v) is 3.88. The molecule has 0 spiro atoms. The Morgan fingerprint density at radius 3 is 2.11 bits per heavy atom. The Labute approximate surface area is 122 Å². The van der Waals surface area contributed by atoms with Gasteiger partial charge in [0.2, 0.25) is 0 Å². The van der Waals surface area contributed by atoms with Gasteiger partial charge in [-0.15, -0.1) is 24.8 Å². The number of hydrogen-bond acceptors (Lipinski definition) is 2. The molecule has 1 fully saturated rings. The van der Waals surface area contributed by atoms with E-state index in [9.17, 15) is 0 Å². The smallest absolute Gasteiger partial charge is 0.0240 e. The second-order valence-corrected chi connectivity index (χ2v) is 5.13. The lowest BCUT2D eigenvalue weighted by atomic mass is 9.98. The Balaban J connectivity index is 0.000000810. The molecule has 1 aromatic rings. The lowest BCUT2D eigenvalue weighted by Crippen LogP contribution is -2.34. The van der Waals surface area contributed by atoms with Crippen molar-refractivity contribution in [2.24, 2.45) is 5.92 Å². The Morgan fingerprint density at radius 1 is 1.00 bits per heavy atom. The molecule has 0 saturated carbocycles. The van der Waals surface area contributed by atoms with Crippen LogP contribution in [0.1, 0.15) is 24.0 Å². The van der Waals surface area contributed by atoms with Crippen molar-refractivity contribution in [2.75, 3.05) is 19.6 Å². The zero-order valence-electron chi connectivity index (χ0n) is 10.6. The van der Waals surface area contributed by atoms with E-state index in [0.29, 0.717) is 0 Å². The van der Waals surface area contributed by atoms with Crippen LogP contribution in [-0.4, -0.2) is 24.5 Å². The molecule has 18 heavy (non-hydrogen) atoms. The van der Waals surface area contributed by atoms with E-state index in [4.69, 9.17) is 0 Å². The number of halogens is 2. The summed E-state index contributed by atoms with van der Waals surface area (Å²) in [6.45, 7) is 6.05. The average Bonchev–Trinajstić information content (AvgIpc) is 2.72. The van der Waals surface area contributed by atoms with Crippen LogP contribution in [0, 0.1) is 5.92 Å². The van der Waals surface area contributed by atoms with E-state index in [-0.39, 0.29) is 24.8 Å². The fraction of sp³-hybridized carbons (Fsp3) is 0.571. The lowest BCUT2D eigenvalue weighted by molar-refractivity contribution is 0.208. The number of nitrogens with zero attached hydrogens (tertiary/aromatic N) is 1. The van der Waals surface area contributed by atoms with Gasteiger partial charge in [0.15, 0.2) is 0 Å². The van der Waals surface area contributed by atoms with Crippen LogP contribution in [0.5, 0.6) is 0 Å². The number of benzene rings is 1. The van der Waals surface area contributed by atoms with Gasteiger partial charge in [0.05, 0.1) is 0 Å². The first-order valence-corrected chi connectivity index (χ1v) is 6.41. The zero-order valence-corrected chi connectivity index (χ0v) is 12.2. The molecule has 0 radical (unpaired) electrons. The summed E-state index contributed by atoms with van der Waals surface area (Å²) in [7, 11) is 0. The highest BCUT2D eigenvalue weighted by Gasteiger charge is 2.22. The standard InChI is InChI=1S/C14H20N2.2ClH/c1-2-4-14-11-16(10-13(14)3-1)9-12-5-7-15-8-6-12;;/h1-4,12,15H,5-11H2;2*1H. The average molecular weight is 289 g/mol. The summed E-state index contributed by atoms with van der Waals surface area (Å²) in [5.41, 5.74) is 3.08. The van der Waals surface area contributed by atoms with Crippen LogP contribution < -0.4 is 5.32 Å². The highest BCUT2D eigenvalue weighted by atomic mass is 35.5. The van der Waals surface area contributed by atoms with Crippen molar-refractivity contribution in [3.63, 3.8) is 0 Å². The minimum atomic E-state index is 0. The topological polar surface area (TPSA) is 15.3 Å². The molecule has 2 nitrogen and oxygen atoms in total. The molecule has 2 aliphatic rings. The molecule has 4 heteroatoms. The number of nitrogens with one attached hydrogen (secondary N) is 1. The monoisotopic (exact) mass is 288 g/mol. The maximum atomic E-state index is 3.44. The largest absolute Gasteiger partial charge is 0.317 e. The first-order valence-electron chi connectivity index (χ1n) is 6.41. The Bertz CT molecular complexity index is 340. The van der Waals surface area contributed by atoms with Gasteiger partial charge in [-0.25, -0.2) is 0 Å². The minimum absolute atomic E-state index is 0. The number of piperidine rings is 1. The van der Waals surface area contributed by atoms with E-state index in [0.717, 1.165) is 5.92 Å². The van der Waals surface area contributed by atoms with E-state index in [1.54, 1.807) is 0 Å². The van der Waals surface area contributed by atoms with Crippen molar-refractivity contribution in [1.29, 1.82) is 0 Å². The molecule has 0 amide bonds. The van der Waals surface area contributed by atoms with Gasteiger partial charge >= 0.3 is 0 Å². The molecule has 0 bridgehead atoms. The highest BCUT2D eigenvalue weighted by molar-refractivity contribution is 5.85. The Morgan fingerprint density at radius 2 is 1.56 bits per heavy atom. The van der Waals surface area contributed by atoms with Gasteiger partial charge in [0.25, 0.3) is 0 Å². The van der Waals surface area contributed by atoms with Gasteiger partial charge in [-0.2, -0.15) is 0 Å². The summed E-state index contributed by atoms with van der Waals surface area (Å²) in [6.07, 6.45) is 2.71. The summed E-state index contributed by atoms with van der Waals surface area (Å²) in [4.78, 5) is 2.61. The fourth-order valence-corrected chi connectivity index (χ4v) is 2.96. The maximum absolute atomic E-state index is 3.44. The first-order chi connectivity index (χ1) is 7.92. The molecule has 2 aliphatic heterocycles. The van der Waals surface area contributed by atoms with Crippen molar-refractivity contribution in [1.82, 2.24) is 10.2 Å². The van der Waals surface area contributed by atoms with Crippen LogP contribution in [0.25, 0.3) is 0 Å². The predicted molar refractivity (Wildman–Crippen MR) is 80.6 cm³/mol. The highest BCUT2D eigenvalue weighted by Crippen LogP contribution is 2.24. The molecule has 102 valence electrons. The molecule has 0 unspecified atom stereocenters. The van der Waals surface area contributed by atoms with Gasteiger partial charge in [0.1, 0.15) is 0 Å². The van der Waals surface area contributed by atoms with Gasteiger partial charge < -0.3 is 5.32 Å². The predicted octanol–water partition coefficient (Wildman–Crippen LogP) is 2.85. The van der Waals surface area contributed by atoms with Crippen LogP contribution in [0.4, 0.5) is 0 Å². The maximum Gasteiger partial charge on any atom is 0.0240 e. The Hall–Kier alpha value is -0.280.